The maximum absolute atomic E-state index is 2.83. The molecule has 0 saturated heterocycles. The first-order valence-corrected chi connectivity index (χ1v) is 44.1. The van der Waals surface area contributed by atoms with Gasteiger partial charge in [0.05, 0.1) is 0 Å². The molecule has 4 atom stereocenters. The Morgan fingerprint density at radius 3 is 0.544 bits per heavy atom. The van der Waals surface area contributed by atoms with E-state index in [9.17, 15) is 0 Å². The van der Waals surface area contributed by atoms with Crippen LogP contribution in [0.2, 0.25) is 0 Å². The highest BCUT2D eigenvalue weighted by atomic mass is 14.7. The van der Waals surface area contributed by atoms with Crippen LogP contribution in [0.5, 0.6) is 0 Å². The Hall–Kier alpha value is 0. The molecule has 0 aliphatic carbocycles. The molecule has 0 bridgehead atoms. The molecule has 0 heterocycles. The Morgan fingerprint density at radius 1 is 0.167 bits per heavy atom. The minimum Gasteiger partial charge on any atom is -0.0654 e. The molecule has 0 fully saturated rings. The summed E-state index contributed by atoms with van der Waals surface area (Å²) in [5.74, 6) is 0.799. The van der Waals surface area contributed by atoms with Crippen molar-refractivity contribution in [3.05, 3.63) is 0 Å². The summed E-state index contributed by atoms with van der Waals surface area (Å²) in [5.41, 5.74) is 1.54. The Labute approximate surface area is 575 Å². The summed E-state index contributed by atoms with van der Waals surface area (Å²) >= 11 is 0. The van der Waals surface area contributed by atoms with Gasteiger partial charge >= 0.3 is 0 Å². The molecule has 0 radical (unpaired) electrons. The van der Waals surface area contributed by atoms with Gasteiger partial charge in [-0.2, -0.15) is 0 Å². The smallest absolute Gasteiger partial charge is 0.0182 e. The third kappa shape index (κ3) is 47.0. The first-order valence-electron chi connectivity index (χ1n) is 44.1. The van der Waals surface area contributed by atoms with Crippen molar-refractivity contribution in [1.29, 1.82) is 0 Å². The third-order valence-electron chi connectivity index (χ3n) is 23.9. The molecule has 0 heteroatoms. The average Bonchev–Trinajstić information content (AvgIpc) is 0.852. The molecule has 0 saturated carbocycles. The Balaban J connectivity index is 8.12. The number of unbranched alkanes of at least 4 members (excludes halogenated alkanes) is 58. The second-order valence-electron chi connectivity index (χ2n) is 33.0. The van der Waals surface area contributed by atoms with Crippen molar-refractivity contribution in [1.82, 2.24) is 0 Å². The molecule has 0 aromatic heterocycles. The van der Waals surface area contributed by atoms with Crippen LogP contribution in [0.25, 0.3) is 0 Å². The van der Waals surface area contributed by atoms with E-state index in [2.05, 4.69) is 76.2 Å². The van der Waals surface area contributed by atoms with Gasteiger partial charge in [0.25, 0.3) is 0 Å². The van der Waals surface area contributed by atoms with Crippen molar-refractivity contribution in [2.24, 2.45) is 27.6 Å². The van der Waals surface area contributed by atoms with E-state index < -0.39 is 0 Å². The fourth-order valence-corrected chi connectivity index (χ4v) is 18.5. The van der Waals surface area contributed by atoms with Crippen LogP contribution in [0.4, 0.5) is 0 Å². The molecule has 0 aromatic carbocycles. The van der Waals surface area contributed by atoms with E-state index in [1.165, 1.54) is 437 Å². The van der Waals surface area contributed by atoms with Gasteiger partial charge in [0.1, 0.15) is 0 Å². The molecular formula is C90H182. The first-order chi connectivity index (χ1) is 44.1. The van der Waals surface area contributed by atoms with Crippen molar-refractivity contribution >= 4 is 0 Å². The van der Waals surface area contributed by atoms with Gasteiger partial charge in [-0.1, -0.05) is 500 Å². The van der Waals surface area contributed by atoms with E-state index >= 15 is 0 Å². The minimum absolute atomic E-state index is 0.303. The predicted molar refractivity (Wildman–Crippen MR) is 417 cm³/mol. The van der Waals surface area contributed by atoms with Crippen LogP contribution in [0.1, 0.15) is 551 Å². The van der Waals surface area contributed by atoms with E-state index in [1.807, 2.05) is 0 Å². The summed E-state index contributed by atoms with van der Waals surface area (Å²) in [6.07, 6.45) is 109. The fraction of sp³-hybridized carbons (Fsp3) is 1.00. The summed E-state index contributed by atoms with van der Waals surface area (Å²) in [7, 11) is 0. The minimum atomic E-state index is 0.303. The molecule has 0 rings (SSSR count). The largest absolute Gasteiger partial charge is 0.0654 e. The highest BCUT2D eigenvalue weighted by molar-refractivity contribution is 5.12. The van der Waals surface area contributed by atoms with Crippen molar-refractivity contribution < 1.29 is 0 Å². The Bertz CT molecular complexity index is 1340. The maximum Gasteiger partial charge on any atom is -0.0182 e. The summed E-state index contributed by atoms with van der Waals surface area (Å²) in [5, 5.41) is 0. The molecule has 0 aliphatic heterocycles. The van der Waals surface area contributed by atoms with E-state index in [4.69, 9.17) is 0 Å². The van der Waals surface area contributed by atoms with Gasteiger partial charge in [-0.15, -0.1) is 0 Å². The highest BCUT2D eigenvalue weighted by Gasteiger charge is 2.63. The lowest BCUT2D eigenvalue weighted by atomic mass is 9.37. The highest BCUT2D eigenvalue weighted by Crippen LogP contribution is 2.72. The van der Waals surface area contributed by atoms with Crippen molar-refractivity contribution in [2.75, 3.05) is 0 Å². The number of hydrogen-bond acceptors (Lipinski definition) is 0. The number of rotatable bonds is 77. The standard InChI is InChI=1S/C90H182/c1-12-20-28-35-40-44-47-50-52-54-57-60-64-70-78-86(87(9,10)11)89(82-71-27-19-8,83-75-34-26-18-7)90(84-76-65-33-25-17-6,85-77-69-39-32-24-16-5)88(79-72-66-61-43-38-31-23-15-4,80-73-67-62-58-55-49-46-42-37-30-22-14-3)81-74-68-63-59-56-53-51-48-45-41-36-29-21-13-2/h86H,12-85H2,1-11H3. The zero-order valence-electron chi connectivity index (χ0n) is 65.9. The molecule has 0 aliphatic rings. The molecule has 90 heavy (non-hydrogen) atoms. The van der Waals surface area contributed by atoms with E-state index in [-0.39, 0.29) is 0 Å². The fourth-order valence-electron chi connectivity index (χ4n) is 18.5. The Morgan fingerprint density at radius 2 is 0.322 bits per heavy atom. The van der Waals surface area contributed by atoms with Crippen LogP contribution in [0.15, 0.2) is 0 Å². The quantitative estimate of drug-likeness (QED) is 0.0533. The van der Waals surface area contributed by atoms with Gasteiger partial charge < -0.3 is 0 Å². The van der Waals surface area contributed by atoms with Gasteiger partial charge in [0.15, 0.2) is 0 Å². The van der Waals surface area contributed by atoms with Gasteiger partial charge in [-0.25, -0.2) is 0 Å². The lowest BCUT2D eigenvalue weighted by molar-refractivity contribution is -0.183. The lowest BCUT2D eigenvalue weighted by Crippen LogP contribution is -2.59. The lowest BCUT2D eigenvalue weighted by Gasteiger charge is -2.67. The normalized spacial score (nSPS) is 14.6. The van der Waals surface area contributed by atoms with Gasteiger partial charge in [0.2, 0.25) is 0 Å². The van der Waals surface area contributed by atoms with Gasteiger partial charge in [0, 0.05) is 0 Å². The molecule has 0 spiro atoms. The van der Waals surface area contributed by atoms with Gasteiger partial charge in [-0.3, -0.25) is 0 Å². The molecule has 0 amide bonds. The zero-order chi connectivity index (χ0) is 65.9. The van der Waals surface area contributed by atoms with Crippen LogP contribution in [-0.2, 0) is 0 Å². The second kappa shape index (κ2) is 67.6. The summed E-state index contributed by atoms with van der Waals surface area (Å²) in [6.45, 7) is 28.0. The third-order valence-corrected chi connectivity index (χ3v) is 23.9. The van der Waals surface area contributed by atoms with Crippen LogP contribution < -0.4 is 0 Å². The van der Waals surface area contributed by atoms with Crippen molar-refractivity contribution in [3.8, 4) is 0 Å². The summed E-state index contributed by atoms with van der Waals surface area (Å²) < 4.78 is 0. The molecular weight excluding hydrogens is 1080 g/mol. The zero-order valence-corrected chi connectivity index (χ0v) is 65.9. The van der Waals surface area contributed by atoms with Crippen molar-refractivity contribution in [2.45, 2.75) is 551 Å². The van der Waals surface area contributed by atoms with Crippen LogP contribution >= 0.6 is 0 Å². The van der Waals surface area contributed by atoms with E-state index in [1.54, 1.807) is 38.5 Å². The Kier molecular flexibility index (Phi) is 67.6. The van der Waals surface area contributed by atoms with Crippen molar-refractivity contribution in [3.63, 3.8) is 0 Å². The molecule has 0 nitrogen and oxygen atoms in total. The SMILES string of the molecule is CCCCCCCCCCCCCCCCC(C(C)(C)C)C(CCCCC)(CCCCCC)C(CCCCCCC)(CCCCCCCC)C(CCCCCCCCCC)(CCCCCCCCCCCCCC)CCCCCCCCCCCCCCCC. The van der Waals surface area contributed by atoms with Crippen LogP contribution in [0.3, 0.4) is 0 Å². The van der Waals surface area contributed by atoms with E-state index in [0.29, 0.717) is 21.7 Å². The maximum atomic E-state index is 2.83. The topological polar surface area (TPSA) is 0 Å². The molecule has 0 N–H and O–H groups in total. The van der Waals surface area contributed by atoms with Crippen LogP contribution in [-0.4, -0.2) is 0 Å². The van der Waals surface area contributed by atoms with Crippen LogP contribution in [0, 0.1) is 27.6 Å². The molecule has 542 valence electrons. The summed E-state index contributed by atoms with van der Waals surface area (Å²) in [4.78, 5) is 0. The van der Waals surface area contributed by atoms with Gasteiger partial charge in [-0.05, 0) is 78.9 Å². The molecule has 4 unspecified atom stereocenters. The van der Waals surface area contributed by atoms with E-state index in [0.717, 1.165) is 5.92 Å². The molecule has 0 aromatic rings. The second-order valence-corrected chi connectivity index (χ2v) is 33.0. The number of hydrogen-bond donors (Lipinski definition) is 0. The summed E-state index contributed by atoms with van der Waals surface area (Å²) in [6, 6.07) is 0. The first kappa shape index (κ1) is 90.0. The average molecular weight is 1260 g/mol. The predicted octanol–water partition coefficient (Wildman–Crippen LogP) is 34.6. The monoisotopic (exact) mass is 1260 g/mol.